The zero-order chi connectivity index (χ0) is 18.4. The summed E-state index contributed by atoms with van der Waals surface area (Å²) in [6, 6.07) is 14.3. The van der Waals surface area contributed by atoms with Gasteiger partial charge in [-0.25, -0.2) is 4.39 Å². The number of furan rings is 1. The van der Waals surface area contributed by atoms with Gasteiger partial charge in [-0.05, 0) is 47.7 Å². The largest absolute Gasteiger partial charge is 0.469 e. The molecular formula is C21H22FNO2S. The third-order valence-corrected chi connectivity index (χ3v) is 5.29. The van der Waals surface area contributed by atoms with E-state index in [0.29, 0.717) is 19.5 Å². The van der Waals surface area contributed by atoms with Crippen LogP contribution >= 0.6 is 11.3 Å². The van der Waals surface area contributed by atoms with Crippen LogP contribution in [-0.4, -0.2) is 17.4 Å². The van der Waals surface area contributed by atoms with Crippen LogP contribution < -0.4 is 0 Å². The molecule has 1 aromatic carbocycles. The van der Waals surface area contributed by atoms with Gasteiger partial charge in [-0.2, -0.15) is 0 Å². The number of halogens is 1. The Morgan fingerprint density at radius 1 is 1.19 bits per heavy atom. The number of thiophene rings is 1. The van der Waals surface area contributed by atoms with E-state index in [1.807, 2.05) is 41.5 Å². The SMILES string of the molecule is CCC(=O)N(CCC(c1ccc(F)cc1)c1ccco1)Cc1cccs1. The number of hydrogen-bond donors (Lipinski definition) is 0. The van der Waals surface area contributed by atoms with Gasteiger partial charge < -0.3 is 9.32 Å². The number of carbonyl (C=O) groups is 1. The normalized spacial score (nSPS) is 12.1. The van der Waals surface area contributed by atoms with E-state index in [1.165, 1.54) is 17.0 Å². The van der Waals surface area contributed by atoms with Crippen molar-refractivity contribution in [2.75, 3.05) is 6.54 Å². The molecular weight excluding hydrogens is 349 g/mol. The maximum absolute atomic E-state index is 13.3. The molecule has 3 nitrogen and oxygen atoms in total. The van der Waals surface area contributed by atoms with Gasteiger partial charge in [0.25, 0.3) is 0 Å². The van der Waals surface area contributed by atoms with Crippen molar-refractivity contribution in [3.05, 3.63) is 82.2 Å². The number of hydrogen-bond acceptors (Lipinski definition) is 3. The molecule has 26 heavy (non-hydrogen) atoms. The molecule has 0 saturated heterocycles. The molecule has 2 aromatic heterocycles. The maximum Gasteiger partial charge on any atom is 0.222 e. The molecule has 0 N–H and O–H groups in total. The predicted octanol–water partition coefficient (Wildman–Crippen LogP) is 5.44. The highest BCUT2D eigenvalue weighted by molar-refractivity contribution is 7.09. The fraction of sp³-hybridized carbons (Fsp3) is 0.286. The van der Waals surface area contributed by atoms with Crippen molar-refractivity contribution in [2.45, 2.75) is 32.2 Å². The zero-order valence-electron chi connectivity index (χ0n) is 14.7. The van der Waals surface area contributed by atoms with E-state index in [2.05, 4.69) is 0 Å². The van der Waals surface area contributed by atoms with E-state index in [-0.39, 0.29) is 17.6 Å². The van der Waals surface area contributed by atoms with Crippen molar-refractivity contribution >= 4 is 17.2 Å². The minimum Gasteiger partial charge on any atom is -0.469 e. The van der Waals surface area contributed by atoms with Gasteiger partial charge in [0, 0.05) is 23.8 Å². The molecule has 0 aliphatic rings. The van der Waals surface area contributed by atoms with Gasteiger partial charge in [0.1, 0.15) is 11.6 Å². The van der Waals surface area contributed by atoms with Gasteiger partial charge in [-0.1, -0.05) is 25.1 Å². The summed E-state index contributed by atoms with van der Waals surface area (Å²) in [5.41, 5.74) is 0.987. The first-order chi connectivity index (χ1) is 12.7. The summed E-state index contributed by atoms with van der Waals surface area (Å²) in [6.07, 6.45) is 2.84. The topological polar surface area (TPSA) is 33.5 Å². The van der Waals surface area contributed by atoms with Gasteiger partial charge >= 0.3 is 0 Å². The fourth-order valence-corrected chi connectivity index (χ4v) is 3.77. The molecule has 0 fully saturated rings. The molecule has 2 heterocycles. The third kappa shape index (κ3) is 4.61. The molecule has 0 radical (unpaired) electrons. The molecule has 0 saturated carbocycles. The summed E-state index contributed by atoms with van der Waals surface area (Å²) in [5.74, 6) is 0.695. The van der Waals surface area contributed by atoms with E-state index >= 15 is 0 Å². The molecule has 1 unspecified atom stereocenters. The van der Waals surface area contributed by atoms with Crippen LogP contribution in [0.5, 0.6) is 0 Å². The van der Waals surface area contributed by atoms with Crippen molar-refractivity contribution in [1.29, 1.82) is 0 Å². The van der Waals surface area contributed by atoms with Gasteiger partial charge in [0.2, 0.25) is 5.91 Å². The number of carbonyl (C=O) groups excluding carboxylic acids is 1. The molecule has 3 aromatic rings. The van der Waals surface area contributed by atoms with E-state index in [0.717, 1.165) is 17.7 Å². The van der Waals surface area contributed by atoms with E-state index in [1.54, 1.807) is 29.7 Å². The van der Waals surface area contributed by atoms with Crippen LogP contribution in [0, 0.1) is 5.82 Å². The van der Waals surface area contributed by atoms with Crippen LogP contribution in [0.3, 0.4) is 0 Å². The quantitative estimate of drug-likeness (QED) is 0.528. The fourth-order valence-electron chi connectivity index (χ4n) is 3.05. The first kappa shape index (κ1) is 18.4. The summed E-state index contributed by atoms with van der Waals surface area (Å²) in [5, 5.41) is 2.02. The van der Waals surface area contributed by atoms with Crippen LogP contribution in [0.15, 0.2) is 64.6 Å². The Kier molecular flexibility index (Phi) is 6.23. The van der Waals surface area contributed by atoms with Crippen LogP contribution in [0.1, 0.15) is 41.9 Å². The Morgan fingerprint density at radius 3 is 2.62 bits per heavy atom. The van der Waals surface area contributed by atoms with Crippen LogP contribution in [0.25, 0.3) is 0 Å². The highest BCUT2D eigenvalue weighted by Gasteiger charge is 2.20. The van der Waals surface area contributed by atoms with Gasteiger partial charge in [0.15, 0.2) is 0 Å². The molecule has 0 bridgehead atoms. The lowest BCUT2D eigenvalue weighted by molar-refractivity contribution is -0.131. The lowest BCUT2D eigenvalue weighted by atomic mass is 9.93. The zero-order valence-corrected chi connectivity index (χ0v) is 15.5. The molecule has 1 amide bonds. The second-order valence-corrected chi connectivity index (χ2v) is 7.19. The van der Waals surface area contributed by atoms with Gasteiger partial charge in [0.05, 0.1) is 12.8 Å². The molecule has 0 aliphatic heterocycles. The average Bonchev–Trinajstić information content (AvgIpc) is 3.35. The summed E-state index contributed by atoms with van der Waals surface area (Å²) in [7, 11) is 0. The Labute approximate surface area is 157 Å². The molecule has 136 valence electrons. The lowest BCUT2D eigenvalue weighted by Crippen LogP contribution is -2.31. The summed E-state index contributed by atoms with van der Waals surface area (Å²) in [6.45, 7) is 3.12. The van der Waals surface area contributed by atoms with Crippen molar-refractivity contribution in [2.24, 2.45) is 0 Å². The maximum atomic E-state index is 13.3. The molecule has 1 atom stereocenters. The molecule has 0 aliphatic carbocycles. The third-order valence-electron chi connectivity index (χ3n) is 4.43. The number of rotatable bonds is 8. The second-order valence-electron chi connectivity index (χ2n) is 6.16. The van der Waals surface area contributed by atoms with Crippen molar-refractivity contribution < 1.29 is 13.6 Å². The minimum atomic E-state index is -0.257. The summed E-state index contributed by atoms with van der Waals surface area (Å²) >= 11 is 1.66. The Hall–Kier alpha value is -2.40. The number of nitrogens with zero attached hydrogens (tertiary/aromatic N) is 1. The van der Waals surface area contributed by atoms with Gasteiger partial charge in [-0.15, -0.1) is 11.3 Å². The Morgan fingerprint density at radius 2 is 2.00 bits per heavy atom. The highest BCUT2D eigenvalue weighted by Crippen LogP contribution is 2.29. The standard InChI is InChI=1S/C21H22FNO2S/c1-2-21(24)23(15-18-5-4-14-26-18)12-11-19(20-6-3-13-25-20)16-7-9-17(22)10-8-16/h3-10,13-14,19H,2,11-12,15H2,1H3. The highest BCUT2D eigenvalue weighted by atomic mass is 32.1. The summed E-state index contributed by atoms with van der Waals surface area (Å²) < 4.78 is 18.9. The van der Waals surface area contributed by atoms with Crippen LogP contribution in [0.2, 0.25) is 0 Å². The van der Waals surface area contributed by atoms with Crippen LogP contribution in [-0.2, 0) is 11.3 Å². The van der Waals surface area contributed by atoms with Crippen LogP contribution in [0.4, 0.5) is 4.39 Å². The molecule has 5 heteroatoms. The van der Waals surface area contributed by atoms with Crippen molar-refractivity contribution in [1.82, 2.24) is 4.90 Å². The second kappa shape index (κ2) is 8.81. The average molecular weight is 371 g/mol. The first-order valence-electron chi connectivity index (χ1n) is 8.76. The van der Waals surface area contributed by atoms with E-state index in [9.17, 15) is 9.18 Å². The number of amides is 1. The molecule has 0 spiro atoms. The van der Waals surface area contributed by atoms with E-state index in [4.69, 9.17) is 4.42 Å². The predicted molar refractivity (Wildman–Crippen MR) is 102 cm³/mol. The first-order valence-corrected chi connectivity index (χ1v) is 9.64. The minimum absolute atomic E-state index is 0.0129. The van der Waals surface area contributed by atoms with E-state index < -0.39 is 0 Å². The Balaban J connectivity index is 1.76. The monoisotopic (exact) mass is 371 g/mol. The summed E-state index contributed by atoms with van der Waals surface area (Å²) in [4.78, 5) is 15.4. The van der Waals surface area contributed by atoms with Crippen molar-refractivity contribution in [3.8, 4) is 0 Å². The smallest absolute Gasteiger partial charge is 0.222 e. The van der Waals surface area contributed by atoms with Gasteiger partial charge in [-0.3, -0.25) is 4.79 Å². The molecule has 3 rings (SSSR count). The number of benzene rings is 1. The Bertz CT molecular complexity index is 797. The lowest BCUT2D eigenvalue weighted by Gasteiger charge is -2.24. The van der Waals surface area contributed by atoms with Crippen molar-refractivity contribution in [3.63, 3.8) is 0 Å².